The summed E-state index contributed by atoms with van der Waals surface area (Å²) in [7, 11) is 0. The SMILES string of the molecule is c1ccc(-c2nc(-c3ccc(-n4c5ccccc5c5ccccc54)cc3)nc(-c3ccc4c(ccc5cc(-c6cc(-n7c8ccccc8c8ccccc87)cc(-n7c8ccccc8c8ccccc87)c6)ccc54)c3)n2)cc1. The Morgan fingerprint density at radius 3 is 0.948 bits per heavy atom. The van der Waals surface area contributed by atoms with Gasteiger partial charge >= 0.3 is 0 Å². The zero-order chi connectivity index (χ0) is 50.6. The second-order valence-electron chi connectivity index (χ2n) is 20.0. The number of rotatable bonds is 7. The van der Waals surface area contributed by atoms with Gasteiger partial charge in [0.05, 0.1) is 33.1 Å². The molecule has 16 aromatic rings. The first kappa shape index (κ1) is 43.0. The molecule has 6 nitrogen and oxygen atoms in total. The van der Waals surface area contributed by atoms with Crippen LogP contribution in [0, 0.1) is 0 Å². The molecule has 0 bridgehead atoms. The van der Waals surface area contributed by atoms with Crippen LogP contribution in [0.25, 0.3) is 149 Å². The normalized spacial score (nSPS) is 11.9. The summed E-state index contributed by atoms with van der Waals surface area (Å²) < 4.78 is 7.19. The van der Waals surface area contributed by atoms with Gasteiger partial charge in [0.25, 0.3) is 0 Å². The number of para-hydroxylation sites is 6. The molecule has 0 N–H and O–H groups in total. The van der Waals surface area contributed by atoms with E-state index in [0.29, 0.717) is 17.5 Å². The number of benzene rings is 12. The summed E-state index contributed by atoms with van der Waals surface area (Å²) >= 11 is 0. The van der Waals surface area contributed by atoms with E-state index in [4.69, 9.17) is 15.0 Å². The summed E-state index contributed by atoms with van der Waals surface area (Å²) in [6.45, 7) is 0. The van der Waals surface area contributed by atoms with Crippen LogP contribution in [0.2, 0.25) is 0 Å². The Kier molecular flexibility index (Phi) is 9.53. The van der Waals surface area contributed by atoms with Gasteiger partial charge in [-0.05, 0) is 124 Å². The van der Waals surface area contributed by atoms with Crippen LogP contribution < -0.4 is 0 Å². The van der Waals surface area contributed by atoms with Gasteiger partial charge in [0.1, 0.15) is 0 Å². The van der Waals surface area contributed by atoms with Crippen LogP contribution in [0.1, 0.15) is 0 Å². The second-order valence-corrected chi connectivity index (χ2v) is 20.0. The van der Waals surface area contributed by atoms with Gasteiger partial charge < -0.3 is 13.7 Å². The average Bonchev–Trinajstić information content (AvgIpc) is 4.17. The molecule has 4 heterocycles. The molecule has 0 unspecified atom stereocenters. The van der Waals surface area contributed by atoms with Gasteiger partial charge in [0, 0.05) is 66.1 Å². The third-order valence-electron chi connectivity index (χ3n) is 15.6. The van der Waals surface area contributed by atoms with Gasteiger partial charge in [0.15, 0.2) is 17.5 Å². The summed E-state index contributed by atoms with van der Waals surface area (Å²) in [4.78, 5) is 15.4. The van der Waals surface area contributed by atoms with Gasteiger partial charge in [-0.3, -0.25) is 0 Å². The second kappa shape index (κ2) is 17.1. The molecule has 0 saturated heterocycles. The van der Waals surface area contributed by atoms with Crippen molar-refractivity contribution in [3.05, 3.63) is 267 Å². The highest BCUT2D eigenvalue weighted by Crippen LogP contribution is 2.40. The van der Waals surface area contributed by atoms with E-state index >= 15 is 0 Å². The minimum Gasteiger partial charge on any atom is -0.309 e. The first-order valence-corrected chi connectivity index (χ1v) is 26.2. The highest BCUT2D eigenvalue weighted by atomic mass is 15.0. The van der Waals surface area contributed by atoms with E-state index < -0.39 is 0 Å². The number of fused-ring (bicyclic) bond motifs is 12. The predicted octanol–water partition coefficient (Wildman–Crippen LogP) is 18.1. The van der Waals surface area contributed by atoms with Gasteiger partial charge in [-0.1, -0.05) is 176 Å². The van der Waals surface area contributed by atoms with Crippen LogP contribution in [-0.4, -0.2) is 28.7 Å². The lowest BCUT2D eigenvalue weighted by molar-refractivity contribution is 1.07. The van der Waals surface area contributed by atoms with Crippen molar-refractivity contribution in [2.75, 3.05) is 0 Å². The molecule has 6 heteroatoms. The summed E-state index contributed by atoms with van der Waals surface area (Å²) in [5, 5.41) is 12.1. The molecule has 0 aliphatic heterocycles. The zero-order valence-electron chi connectivity index (χ0n) is 41.6. The lowest BCUT2D eigenvalue weighted by Gasteiger charge is -2.16. The van der Waals surface area contributed by atoms with E-state index in [1.165, 1.54) is 81.6 Å². The Morgan fingerprint density at radius 2 is 0.519 bits per heavy atom. The van der Waals surface area contributed by atoms with Crippen LogP contribution >= 0.6 is 0 Å². The fourth-order valence-corrected chi connectivity index (χ4v) is 12.1. The summed E-state index contributed by atoms with van der Waals surface area (Å²) in [5.74, 6) is 1.88. The molecule has 0 fully saturated rings. The highest BCUT2D eigenvalue weighted by Gasteiger charge is 2.19. The minimum absolute atomic E-state index is 0.622. The third-order valence-corrected chi connectivity index (χ3v) is 15.6. The maximum absolute atomic E-state index is 5.19. The van der Waals surface area contributed by atoms with Crippen molar-refractivity contribution in [1.82, 2.24) is 28.7 Å². The Hall–Kier alpha value is -10.4. The zero-order valence-corrected chi connectivity index (χ0v) is 41.6. The molecule has 16 rings (SSSR count). The van der Waals surface area contributed by atoms with Crippen molar-refractivity contribution >= 4 is 87.0 Å². The van der Waals surface area contributed by atoms with Gasteiger partial charge in [-0.25, -0.2) is 15.0 Å². The summed E-state index contributed by atoms with van der Waals surface area (Å²) in [6.07, 6.45) is 0. The standard InChI is InChI=1S/C71H44N6/c1-2-16-45(17-3-1)69-72-70(46-32-36-52(37-33-46)75-63-24-10-4-18-57(63)58-19-5-11-25-64(58)75)74-71(73-69)50-35-39-56-49(41-50)31-30-48-40-47(34-38-55(48)56)51-42-53(76-65-26-12-6-20-59(65)60-21-7-13-27-66(60)76)44-54(43-51)77-67-28-14-8-22-61(67)62-23-9-15-29-68(62)77/h1-44H. The van der Waals surface area contributed by atoms with Crippen LogP contribution in [0.4, 0.5) is 0 Å². The van der Waals surface area contributed by atoms with Crippen LogP contribution in [0.3, 0.4) is 0 Å². The fourth-order valence-electron chi connectivity index (χ4n) is 12.1. The Morgan fingerprint density at radius 1 is 0.195 bits per heavy atom. The lowest BCUT2D eigenvalue weighted by atomic mass is 9.96. The van der Waals surface area contributed by atoms with E-state index in [0.717, 1.165) is 50.3 Å². The van der Waals surface area contributed by atoms with Gasteiger partial charge in [-0.2, -0.15) is 0 Å². The Labute approximate surface area is 442 Å². The summed E-state index contributed by atoms with van der Waals surface area (Å²) in [6, 6.07) is 96.1. The highest BCUT2D eigenvalue weighted by molar-refractivity contribution is 6.13. The number of aromatic nitrogens is 6. The van der Waals surface area contributed by atoms with E-state index in [-0.39, 0.29) is 0 Å². The molecular weight excluding hydrogens is 937 g/mol. The molecule has 0 saturated carbocycles. The van der Waals surface area contributed by atoms with Crippen molar-refractivity contribution in [2.24, 2.45) is 0 Å². The average molecular weight is 981 g/mol. The first-order valence-electron chi connectivity index (χ1n) is 26.2. The van der Waals surface area contributed by atoms with Crippen molar-refractivity contribution in [2.45, 2.75) is 0 Å². The predicted molar refractivity (Wildman–Crippen MR) is 320 cm³/mol. The largest absolute Gasteiger partial charge is 0.309 e. The molecule has 0 aliphatic carbocycles. The van der Waals surface area contributed by atoms with Crippen molar-refractivity contribution < 1.29 is 0 Å². The Bertz CT molecular complexity index is 4750. The van der Waals surface area contributed by atoms with Crippen LogP contribution in [-0.2, 0) is 0 Å². The Balaban J connectivity index is 0.809. The molecule has 0 amide bonds. The molecule has 4 aromatic heterocycles. The molecular formula is C71H44N6. The molecule has 0 radical (unpaired) electrons. The van der Waals surface area contributed by atoms with E-state index in [1.54, 1.807) is 0 Å². The molecule has 0 spiro atoms. The van der Waals surface area contributed by atoms with Crippen LogP contribution in [0.5, 0.6) is 0 Å². The van der Waals surface area contributed by atoms with Crippen molar-refractivity contribution in [3.8, 4) is 62.4 Å². The fraction of sp³-hybridized carbons (Fsp3) is 0. The van der Waals surface area contributed by atoms with Gasteiger partial charge in [-0.15, -0.1) is 0 Å². The molecule has 77 heavy (non-hydrogen) atoms. The maximum atomic E-state index is 5.19. The number of hydrogen-bond donors (Lipinski definition) is 0. The monoisotopic (exact) mass is 980 g/mol. The smallest absolute Gasteiger partial charge is 0.164 e. The molecule has 12 aromatic carbocycles. The van der Waals surface area contributed by atoms with E-state index in [9.17, 15) is 0 Å². The summed E-state index contributed by atoms with van der Waals surface area (Å²) in [5.41, 5.74) is 15.4. The number of nitrogens with zero attached hydrogens (tertiary/aromatic N) is 6. The van der Waals surface area contributed by atoms with Crippen LogP contribution in [0.15, 0.2) is 267 Å². The quantitative estimate of drug-likeness (QED) is 0.150. The van der Waals surface area contributed by atoms with E-state index in [2.05, 4.69) is 262 Å². The van der Waals surface area contributed by atoms with Crippen molar-refractivity contribution in [3.63, 3.8) is 0 Å². The molecule has 0 atom stereocenters. The topological polar surface area (TPSA) is 53.5 Å². The lowest BCUT2D eigenvalue weighted by Crippen LogP contribution is -2.00. The molecule has 358 valence electrons. The first-order chi connectivity index (χ1) is 38.2. The maximum Gasteiger partial charge on any atom is 0.164 e. The molecule has 0 aliphatic rings. The minimum atomic E-state index is 0.622. The third kappa shape index (κ3) is 6.86. The number of hydrogen-bond acceptors (Lipinski definition) is 3. The van der Waals surface area contributed by atoms with Crippen molar-refractivity contribution in [1.29, 1.82) is 0 Å². The van der Waals surface area contributed by atoms with E-state index in [1.807, 2.05) is 18.2 Å². The van der Waals surface area contributed by atoms with Gasteiger partial charge in [0.2, 0.25) is 0 Å².